The molecule has 2 heterocycles. The minimum atomic E-state index is -0.596. The summed E-state index contributed by atoms with van der Waals surface area (Å²) in [6, 6.07) is 6.94. The summed E-state index contributed by atoms with van der Waals surface area (Å²) in [4.78, 5) is 2.56. The molecule has 2 aliphatic rings. The van der Waals surface area contributed by atoms with E-state index in [-0.39, 0.29) is 0 Å². The number of benzene rings is 1. The van der Waals surface area contributed by atoms with Gasteiger partial charge in [-0.15, -0.1) is 0 Å². The van der Waals surface area contributed by atoms with E-state index in [1.165, 1.54) is 36.1 Å². The summed E-state index contributed by atoms with van der Waals surface area (Å²) in [5, 5.41) is 11.1. The molecule has 2 saturated heterocycles. The Morgan fingerprint density at radius 1 is 1.22 bits per heavy atom. The van der Waals surface area contributed by atoms with Crippen molar-refractivity contribution >= 4 is 0 Å². The van der Waals surface area contributed by atoms with E-state index in [0.717, 1.165) is 19.4 Å². The Kier molecular flexibility index (Phi) is 2.95. The van der Waals surface area contributed by atoms with Gasteiger partial charge in [0.2, 0.25) is 0 Å². The Bertz CT molecular complexity index is 436. The van der Waals surface area contributed by atoms with Gasteiger partial charge < -0.3 is 10.0 Å². The van der Waals surface area contributed by atoms with Crippen LogP contribution in [0.5, 0.6) is 0 Å². The number of hydrogen-bond acceptors (Lipinski definition) is 2. The van der Waals surface area contributed by atoms with Gasteiger partial charge in [0.25, 0.3) is 0 Å². The minimum Gasteiger partial charge on any atom is -0.385 e. The molecule has 0 aliphatic carbocycles. The highest BCUT2D eigenvalue weighted by molar-refractivity contribution is 5.39. The molecule has 2 nitrogen and oxygen atoms in total. The van der Waals surface area contributed by atoms with E-state index in [1.807, 2.05) is 0 Å². The average Bonchev–Trinajstić information content (AvgIpc) is 2.75. The first-order valence-corrected chi connectivity index (χ1v) is 7.13. The third-order valence-corrected chi connectivity index (χ3v) is 4.83. The number of nitrogens with zero attached hydrogens (tertiary/aromatic N) is 1. The van der Waals surface area contributed by atoms with Gasteiger partial charge in [0.05, 0.1) is 5.60 Å². The molecule has 1 aromatic carbocycles. The molecule has 1 N–H and O–H groups in total. The largest absolute Gasteiger partial charge is 0.385 e. The smallest absolute Gasteiger partial charge is 0.0928 e. The zero-order valence-corrected chi connectivity index (χ0v) is 11.4. The summed E-state index contributed by atoms with van der Waals surface area (Å²) in [7, 11) is 0. The van der Waals surface area contributed by atoms with Crippen LogP contribution in [0.15, 0.2) is 18.2 Å². The summed E-state index contributed by atoms with van der Waals surface area (Å²) in [5.74, 6) is 0. The van der Waals surface area contributed by atoms with E-state index >= 15 is 0 Å². The van der Waals surface area contributed by atoms with Crippen LogP contribution in [0, 0.1) is 13.8 Å². The van der Waals surface area contributed by atoms with Crippen molar-refractivity contribution in [1.29, 1.82) is 0 Å². The molecule has 0 unspecified atom stereocenters. The van der Waals surface area contributed by atoms with Crippen LogP contribution in [0.2, 0.25) is 0 Å². The van der Waals surface area contributed by atoms with Gasteiger partial charge in [-0.1, -0.05) is 18.2 Å². The lowest BCUT2D eigenvalue weighted by Gasteiger charge is -2.42. The lowest BCUT2D eigenvalue weighted by Crippen LogP contribution is -2.46. The van der Waals surface area contributed by atoms with Gasteiger partial charge in [-0.2, -0.15) is 0 Å². The molecule has 2 atom stereocenters. The number of hydrogen-bond donors (Lipinski definition) is 1. The van der Waals surface area contributed by atoms with Crippen LogP contribution in [-0.2, 0) is 5.60 Å². The number of fused-ring (bicyclic) bond motifs is 1. The fraction of sp³-hybridized carbons (Fsp3) is 0.625. The van der Waals surface area contributed by atoms with Crippen molar-refractivity contribution in [1.82, 2.24) is 4.90 Å². The number of piperidine rings is 1. The number of aliphatic hydroxyl groups is 1. The number of rotatable bonds is 1. The van der Waals surface area contributed by atoms with Crippen molar-refractivity contribution in [3.63, 3.8) is 0 Å². The third-order valence-electron chi connectivity index (χ3n) is 4.83. The van der Waals surface area contributed by atoms with E-state index < -0.39 is 5.60 Å². The maximum atomic E-state index is 11.1. The Hall–Kier alpha value is -0.860. The molecule has 98 valence electrons. The summed E-state index contributed by atoms with van der Waals surface area (Å²) in [5.41, 5.74) is 3.07. The van der Waals surface area contributed by atoms with E-state index in [4.69, 9.17) is 0 Å². The van der Waals surface area contributed by atoms with Crippen molar-refractivity contribution in [3.05, 3.63) is 34.9 Å². The van der Waals surface area contributed by atoms with Crippen LogP contribution in [0.1, 0.15) is 42.4 Å². The molecule has 0 aromatic heterocycles. The first-order chi connectivity index (χ1) is 8.60. The van der Waals surface area contributed by atoms with E-state index in [2.05, 4.69) is 36.9 Å². The summed E-state index contributed by atoms with van der Waals surface area (Å²) in [6.45, 7) is 6.53. The fourth-order valence-electron chi connectivity index (χ4n) is 4.02. The van der Waals surface area contributed by atoms with E-state index in [0.29, 0.717) is 6.04 Å². The van der Waals surface area contributed by atoms with Gasteiger partial charge in [0.1, 0.15) is 0 Å². The predicted octanol–water partition coefficient (Wildman–Crippen LogP) is 2.75. The predicted molar refractivity (Wildman–Crippen MR) is 73.6 cm³/mol. The molecule has 3 rings (SSSR count). The quantitative estimate of drug-likeness (QED) is 0.822. The van der Waals surface area contributed by atoms with Crippen molar-refractivity contribution in [2.45, 2.75) is 51.2 Å². The molecule has 0 amide bonds. The second-order valence-corrected chi connectivity index (χ2v) is 6.08. The molecular weight excluding hydrogens is 222 g/mol. The van der Waals surface area contributed by atoms with Gasteiger partial charge in [-0.3, -0.25) is 0 Å². The minimum absolute atomic E-state index is 0.596. The molecule has 2 aliphatic heterocycles. The summed E-state index contributed by atoms with van der Waals surface area (Å²) < 4.78 is 0. The Labute approximate surface area is 110 Å². The Morgan fingerprint density at radius 3 is 2.67 bits per heavy atom. The zero-order valence-electron chi connectivity index (χ0n) is 11.4. The number of aryl methyl sites for hydroxylation is 2. The molecular formula is C16H23NO. The standard InChI is InChI=1S/C16H23NO/c1-12-5-3-6-13(2)15(12)16(18)8-10-17-9-4-7-14(17)11-16/h3,5-6,14,18H,4,7-11H2,1-2H3/t14-,16+/m0/s1. The first-order valence-electron chi connectivity index (χ1n) is 7.13. The van der Waals surface area contributed by atoms with Crippen LogP contribution in [0.25, 0.3) is 0 Å². The maximum absolute atomic E-state index is 11.1. The lowest BCUT2D eigenvalue weighted by molar-refractivity contribution is -0.0417. The van der Waals surface area contributed by atoms with Crippen molar-refractivity contribution in [2.24, 2.45) is 0 Å². The van der Waals surface area contributed by atoms with Gasteiger partial charge in [-0.25, -0.2) is 0 Å². The van der Waals surface area contributed by atoms with Crippen LogP contribution >= 0.6 is 0 Å². The normalized spacial score (nSPS) is 32.5. The highest BCUT2D eigenvalue weighted by atomic mass is 16.3. The molecule has 18 heavy (non-hydrogen) atoms. The Morgan fingerprint density at radius 2 is 1.94 bits per heavy atom. The topological polar surface area (TPSA) is 23.5 Å². The van der Waals surface area contributed by atoms with Gasteiger partial charge in [0.15, 0.2) is 0 Å². The maximum Gasteiger partial charge on any atom is 0.0928 e. The highest BCUT2D eigenvalue weighted by Crippen LogP contribution is 2.41. The average molecular weight is 245 g/mol. The molecule has 0 radical (unpaired) electrons. The second kappa shape index (κ2) is 4.36. The van der Waals surface area contributed by atoms with Gasteiger partial charge in [0, 0.05) is 12.6 Å². The molecule has 0 spiro atoms. The summed E-state index contributed by atoms with van der Waals surface area (Å²) in [6.07, 6.45) is 4.36. The molecule has 0 saturated carbocycles. The van der Waals surface area contributed by atoms with Crippen LogP contribution in [-0.4, -0.2) is 29.1 Å². The summed E-state index contributed by atoms with van der Waals surface area (Å²) >= 11 is 0. The van der Waals surface area contributed by atoms with E-state index in [1.54, 1.807) is 0 Å². The van der Waals surface area contributed by atoms with Gasteiger partial charge >= 0.3 is 0 Å². The van der Waals surface area contributed by atoms with Crippen LogP contribution < -0.4 is 0 Å². The zero-order chi connectivity index (χ0) is 12.8. The van der Waals surface area contributed by atoms with Gasteiger partial charge in [-0.05, 0) is 62.8 Å². The van der Waals surface area contributed by atoms with Crippen molar-refractivity contribution in [2.75, 3.05) is 13.1 Å². The lowest BCUT2D eigenvalue weighted by atomic mass is 9.77. The molecule has 2 fully saturated rings. The second-order valence-electron chi connectivity index (χ2n) is 6.08. The SMILES string of the molecule is Cc1cccc(C)c1[C@@]1(O)CCN2CCC[C@H]2C1. The molecule has 1 aromatic rings. The van der Waals surface area contributed by atoms with E-state index in [9.17, 15) is 5.11 Å². The first kappa shape index (κ1) is 12.2. The molecule has 2 heteroatoms. The Balaban J connectivity index is 1.95. The fourth-order valence-corrected chi connectivity index (χ4v) is 4.02. The van der Waals surface area contributed by atoms with Crippen LogP contribution in [0.4, 0.5) is 0 Å². The monoisotopic (exact) mass is 245 g/mol. The van der Waals surface area contributed by atoms with Crippen molar-refractivity contribution in [3.8, 4) is 0 Å². The highest BCUT2D eigenvalue weighted by Gasteiger charge is 2.42. The third kappa shape index (κ3) is 1.88. The molecule has 0 bridgehead atoms. The van der Waals surface area contributed by atoms with Crippen LogP contribution in [0.3, 0.4) is 0 Å². The van der Waals surface area contributed by atoms with Crippen molar-refractivity contribution < 1.29 is 5.11 Å².